The Morgan fingerprint density at radius 2 is 1.00 bits per heavy atom. The fourth-order valence-electron chi connectivity index (χ4n) is 4.81. The maximum Gasteiger partial charge on any atom is 0.210 e. The van der Waals surface area contributed by atoms with Gasteiger partial charge in [-0.05, 0) is 60.8 Å². The third-order valence-corrected chi connectivity index (χ3v) is 6.97. The molecule has 2 aliphatic rings. The van der Waals surface area contributed by atoms with Crippen molar-refractivity contribution in [3.63, 3.8) is 0 Å². The Bertz CT molecular complexity index is 688. The Kier molecular flexibility index (Phi) is 6.88. The molecule has 0 bridgehead atoms. The molecule has 2 aliphatic carbocycles. The molecule has 4 heteroatoms. The topological polar surface area (TPSA) is 41.5 Å². The highest BCUT2D eigenvalue weighted by Gasteiger charge is 2.21. The van der Waals surface area contributed by atoms with Crippen molar-refractivity contribution in [3.8, 4) is 11.5 Å². The van der Waals surface area contributed by atoms with E-state index >= 15 is 0 Å². The quantitative estimate of drug-likeness (QED) is 0.502. The summed E-state index contributed by atoms with van der Waals surface area (Å²) in [6.07, 6.45) is 12.4. The average molecular weight is 397 g/mol. The number of hydrogen-bond acceptors (Lipinski definition) is 3. The van der Waals surface area contributed by atoms with Crippen LogP contribution < -0.4 is 13.9 Å². The second kappa shape index (κ2) is 9.76. The predicted octanol–water partition coefficient (Wildman–Crippen LogP) is 6.83. The first-order chi connectivity index (χ1) is 13.8. The summed E-state index contributed by atoms with van der Waals surface area (Å²) < 4.78 is 11.7. The average Bonchev–Trinajstić information content (AvgIpc) is 2.76. The minimum absolute atomic E-state index is 0.503. The lowest BCUT2D eigenvalue weighted by molar-refractivity contribution is -0.189. The summed E-state index contributed by atoms with van der Waals surface area (Å²) in [5.41, 5.74) is 2.35. The van der Waals surface area contributed by atoms with Crippen molar-refractivity contribution >= 4 is 8.60 Å². The molecule has 0 radical (unpaired) electrons. The lowest BCUT2D eigenvalue weighted by atomic mass is 9.84. The molecule has 2 fully saturated rings. The molecule has 28 heavy (non-hydrogen) atoms. The fraction of sp³-hybridized carbons (Fsp3) is 0.500. The minimum Gasteiger partial charge on any atom is -0.765 e. The van der Waals surface area contributed by atoms with Crippen molar-refractivity contribution in [2.45, 2.75) is 76.0 Å². The molecule has 4 rings (SSSR count). The van der Waals surface area contributed by atoms with E-state index in [-0.39, 0.29) is 0 Å². The molecule has 3 nitrogen and oxygen atoms in total. The molecule has 0 aliphatic heterocycles. The first kappa shape index (κ1) is 19.7. The van der Waals surface area contributed by atoms with Crippen molar-refractivity contribution in [1.82, 2.24) is 0 Å². The van der Waals surface area contributed by atoms with Crippen LogP contribution in [0.3, 0.4) is 0 Å². The molecule has 2 aromatic rings. The molecule has 0 saturated heterocycles. The second-order valence-electron chi connectivity index (χ2n) is 8.15. The first-order valence-corrected chi connectivity index (χ1v) is 11.9. The summed E-state index contributed by atoms with van der Waals surface area (Å²) in [5.74, 6) is 2.43. The molecule has 0 N–H and O–H groups in total. The van der Waals surface area contributed by atoms with Crippen LogP contribution in [0.5, 0.6) is 11.5 Å². The summed E-state index contributed by atoms with van der Waals surface area (Å²) in [4.78, 5) is 12.8. The number of rotatable bonds is 6. The Morgan fingerprint density at radius 1 is 0.607 bits per heavy atom. The van der Waals surface area contributed by atoms with Crippen LogP contribution in [0.4, 0.5) is 0 Å². The van der Waals surface area contributed by atoms with Crippen LogP contribution in [-0.4, -0.2) is 0 Å². The van der Waals surface area contributed by atoms with E-state index in [9.17, 15) is 4.89 Å². The summed E-state index contributed by atoms with van der Waals surface area (Å²) >= 11 is 0. The summed E-state index contributed by atoms with van der Waals surface area (Å²) in [6, 6.07) is 16.1. The van der Waals surface area contributed by atoms with E-state index in [4.69, 9.17) is 9.05 Å². The van der Waals surface area contributed by atoms with Gasteiger partial charge >= 0.3 is 0 Å². The summed E-state index contributed by atoms with van der Waals surface area (Å²) in [5, 5.41) is 0. The third-order valence-electron chi connectivity index (χ3n) is 6.27. The fourth-order valence-corrected chi connectivity index (χ4v) is 5.50. The third kappa shape index (κ3) is 4.88. The van der Waals surface area contributed by atoms with E-state index in [1.54, 1.807) is 0 Å². The van der Waals surface area contributed by atoms with Gasteiger partial charge in [-0.1, -0.05) is 74.9 Å². The molecular weight excluding hydrogens is 367 g/mol. The van der Waals surface area contributed by atoms with Gasteiger partial charge in [0.1, 0.15) is 11.5 Å². The predicted molar refractivity (Wildman–Crippen MR) is 113 cm³/mol. The highest BCUT2D eigenvalue weighted by atomic mass is 31.2. The molecule has 0 heterocycles. The van der Waals surface area contributed by atoms with E-state index in [2.05, 4.69) is 12.1 Å². The van der Waals surface area contributed by atoms with E-state index in [0.717, 1.165) is 0 Å². The number of benzene rings is 2. The Hall–Kier alpha value is -1.57. The van der Waals surface area contributed by atoms with Crippen LogP contribution in [0, 0.1) is 0 Å². The lowest BCUT2D eigenvalue weighted by Crippen LogP contribution is -2.12. The number of para-hydroxylation sites is 2. The first-order valence-electron chi connectivity index (χ1n) is 10.8. The maximum atomic E-state index is 12.8. The van der Waals surface area contributed by atoms with Crippen molar-refractivity contribution in [3.05, 3.63) is 59.7 Å². The van der Waals surface area contributed by atoms with Crippen LogP contribution in [-0.2, 0) is 0 Å². The van der Waals surface area contributed by atoms with Crippen molar-refractivity contribution in [2.24, 2.45) is 0 Å². The molecular formula is C24H30O3P-. The van der Waals surface area contributed by atoms with Gasteiger partial charge in [-0.3, -0.25) is 0 Å². The Labute approximate surface area is 170 Å². The highest BCUT2D eigenvalue weighted by molar-refractivity contribution is 7.39. The van der Waals surface area contributed by atoms with Crippen LogP contribution in [0.2, 0.25) is 0 Å². The zero-order valence-electron chi connectivity index (χ0n) is 16.5. The zero-order chi connectivity index (χ0) is 19.2. The standard InChI is InChI=1S/C24H30O3P/c25-28(26-23-17-9-7-15-21(23)19-11-3-1-4-12-19)27-24-18-10-8-16-22(24)20-13-5-2-6-14-20/h7-10,15-20H,1-6,11-14H2/q-1. The van der Waals surface area contributed by atoms with Crippen LogP contribution in [0.15, 0.2) is 48.5 Å². The van der Waals surface area contributed by atoms with E-state index in [0.29, 0.717) is 23.3 Å². The Morgan fingerprint density at radius 3 is 1.43 bits per heavy atom. The normalized spacial score (nSPS) is 18.9. The summed E-state index contributed by atoms with van der Waals surface area (Å²) in [7, 11) is -2.26. The molecule has 0 unspecified atom stereocenters. The molecule has 0 spiro atoms. The second-order valence-corrected chi connectivity index (χ2v) is 8.96. The van der Waals surface area contributed by atoms with Gasteiger partial charge in [-0.15, -0.1) is 0 Å². The largest absolute Gasteiger partial charge is 0.765 e. The highest BCUT2D eigenvalue weighted by Crippen LogP contribution is 2.44. The van der Waals surface area contributed by atoms with Crippen molar-refractivity contribution < 1.29 is 13.9 Å². The van der Waals surface area contributed by atoms with Gasteiger partial charge in [0.25, 0.3) is 0 Å². The van der Waals surface area contributed by atoms with Crippen LogP contribution in [0.1, 0.15) is 87.2 Å². The van der Waals surface area contributed by atoms with E-state index in [1.165, 1.54) is 75.3 Å². The van der Waals surface area contributed by atoms with Crippen molar-refractivity contribution in [2.75, 3.05) is 0 Å². The molecule has 150 valence electrons. The van der Waals surface area contributed by atoms with Gasteiger partial charge in [0.2, 0.25) is 8.60 Å². The molecule has 2 saturated carbocycles. The zero-order valence-corrected chi connectivity index (χ0v) is 17.4. The minimum atomic E-state index is -2.26. The Balaban J connectivity index is 1.46. The monoisotopic (exact) mass is 397 g/mol. The molecule has 0 aromatic heterocycles. The molecule has 0 atom stereocenters. The van der Waals surface area contributed by atoms with Gasteiger partial charge in [0.15, 0.2) is 0 Å². The molecule has 0 amide bonds. The van der Waals surface area contributed by atoms with Crippen LogP contribution >= 0.6 is 8.60 Å². The van der Waals surface area contributed by atoms with Crippen LogP contribution in [0.25, 0.3) is 0 Å². The maximum absolute atomic E-state index is 12.8. The van der Waals surface area contributed by atoms with Gasteiger partial charge < -0.3 is 13.9 Å². The lowest BCUT2D eigenvalue weighted by Gasteiger charge is -2.30. The van der Waals surface area contributed by atoms with E-state index < -0.39 is 8.60 Å². The number of hydrogen-bond donors (Lipinski definition) is 0. The SMILES string of the molecule is [O-]P(Oc1ccccc1C1CCCCC1)Oc1ccccc1C1CCCCC1. The van der Waals surface area contributed by atoms with Gasteiger partial charge in [0, 0.05) is 0 Å². The molecule has 2 aromatic carbocycles. The smallest absolute Gasteiger partial charge is 0.210 e. The summed E-state index contributed by atoms with van der Waals surface area (Å²) in [6.45, 7) is 0. The van der Waals surface area contributed by atoms with Crippen molar-refractivity contribution in [1.29, 1.82) is 0 Å². The van der Waals surface area contributed by atoms with E-state index in [1.807, 2.05) is 36.4 Å². The van der Waals surface area contributed by atoms with Gasteiger partial charge in [-0.2, -0.15) is 0 Å². The van der Waals surface area contributed by atoms with Gasteiger partial charge in [-0.25, -0.2) is 0 Å². The van der Waals surface area contributed by atoms with Gasteiger partial charge in [0.05, 0.1) is 0 Å².